The van der Waals surface area contributed by atoms with E-state index in [0.29, 0.717) is 11.5 Å². The molecule has 1 aromatic heterocycles. The van der Waals surface area contributed by atoms with Crippen molar-refractivity contribution in [1.29, 1.82) is 0 Å². The summed E-state index contributed by atoms with van der Waals surface area (Å²) in [5.74, 6) is 0.375. The van der Waals surface area contributed by atoms with E-state index in [0.717, 1.165) is 11.3 Å². The third-order valence-corrected chi connectivity index (χ3v) is 1.47. The van der Waals surface area contributed by atoms with Gasteiger partial charge in [-0.3, -0.25) is 0 Å². The molecule has 11 heavy (non-hydrogen) atoms. The van der Waals surface area contributed by atoms with Gasteiger partial charge >= 0.3 is 0 Å². The number of anilines is 2. The Balaban J connectivity index is 3.35. The molecule has 0 spiro atoms. The van der Waals surface area contributed by atoms with Crippen molar-refractivity contribution in [3.05, 3.63) is 23.9 Å². The fourth-order valence-electron chi connectivity index (χ4n) is 0.902. The van der Waals surface area contributed by atoms with Crippen molar-refractivity contribution in [2.75, 3.05) is 11.5 Å². The van der Waals surface area contributed by atoms with Gasteiger partial charge in [0.05, 0.1) is 5.69 Å². The average molecular weight is 149 g/mol. The van der Waals surface area contributed by atoms with E-state index in [1.807, 2.05) is 13.0 Å². The predicted octanol–water partition coefficient (Wildman–Crippen LogP) is 1.20. The van der Waals surface area contributed by atoms with Crippen LogP contribution in [-0.4, -0.2) is 4.98 Å². The van der Waals surface area contributed by atoms with Gasteiger partial charge in [-0.15, -0.1) is 0 Å². The van der Waals surface area contributed by atoms with Crippen LogP contribution in [0.3, 0.4) is 0 Å². The summed E-state index contributed by atoms with van der Waals surface area (Å²) in [6.07, 6.45) is 1.67. The first-order valence-corrected chi connectivity index (χ1v) is 3.30. The summed E-state index contributed by atoms with van der Waals surface area (Å²) >= 11 is 0. The van der Waals surface area contributed by atoms with Crippen molar-refractivity contribution in [2.24, 2.45) is 0 Å². The Kier molecular flexibility index (Phi) is 1.81. The molecule has 0 bridgehead atoms. The van der Waals surface area contributed by atoms with Gasteiger partial charge in [-0.1, -0.05) is 12.7 Å². The summed E-state index contributed by atoms with van der Waals surface area (Å²) in [6, 6.07) is 1.85. The molecule has 1 aromatic rings. The monoisotopic (exact) mass is 149 g/mol. The Morgan fingerprint density at radius 3 is 2.73 bits per heavy atom. The summed E-state index contributed by atoms with van der Waals surface area (Å²) in [5, 5.41) is 0. The molecule has 0 fully saturated rings. The maximum absolute atomic E-state index is 5.60. The molecule has 3 nitrogen and oxygen atoms in total. The molecule has 0 aliphatic rings. The van der Waals surface area contributed by atoms with E-state index >= 15 is 0 Å². The molecule has 1 rings (SSSR count). The number of nitrogen functional groups attached to an aromatic ring is 2. The zero-order valence-corrected chi connectivity index (χ0v) is 6.46. The fourth-order valence-corrected chi connectivity index (χ4v) is 0.902. The third-order valence-electron chi connectivity index (χ3n) is 1.47. The summed E-state index contributed by atoms with van der Waals surface area (Å²) in [7, 11) is 0. The van der Waals surface area contributed by atoms with E-state index in [2.05, 4.69) is 11.6 Å². The van der Waals surface area contributed by atoms with Crippen LogP contribution in [0.25, 0.3) is 6.08 Å². The molecule has 0 saturated heterocycles. The largest absolute Gasteiger partial charge is 0.395 e. The molecule has 0 radical (unpaired) electrons. The van der Waals surface area contributed by atoms with Gasteiger partial charge in [-0.25, -0.2) is 4.98 Å². The molecular formula is C8H11N3. The van der Waals surface area contributed by atoms with Gasteiger partial charge in [0, 0.05) is 11.3 Å². The first-order valence-electron chi connectivity index (χ1n) is 3.30. The summed E-state index contributed by atoms with van der Waals surface area (Å²) in [6.45, 7) is 5.47. The molecule has 1 heterocycles. The highest BCUT2D eigenvalue weighted by Gasteiger charge is 2.00. The Morgan fingerprint density at radius 1 is 1.55 bits per heavy atom. The highest BCUT2D eigenvalue weighted by Crippen LogP contribution is 2.19. The highest BCUT2D eigenvalue weighted by molar-refractivity contribution is 5.72. The number of aryl methyl sites for hydroxylation is 1. The lowest BCUT2D eigenvalue weighted by molar-refractivity contribution is 1.21. The molecule has 0 aliphatic carbocycles. The Bertz CT molecular complexity index is 292. The molecular weight excluding hydrogens is 138 g/mol. The third kappa shape index (κ3) is 1.32. The number of nitrogens with two attached hydrogens (primary N) is 2. The van der Waals surface area contributed by atoms with Crippen LogP contribution in [0, 0.1) is 6.92 Å². The summed E-state index contributed by atoms with van der Waals surface area (Å²) < 4.78 is 0. The van der Waals surface area contributed by atoms with Gasteiger partial charge in [-0.05, 0) is 13.0 Å². The molecule has 0 atom stereocenters. The maximum atomic E-state index is 5.60. The van der Waals surface area contributed by atoms with Gasteiger partial charge in [0.1, 0.15) is 5.82 Å². The van der Waals surface area contributed by atoms with Crippen LogP contribution in [0.4, 0.5) is 11.5 Å². The number of aromatic nitrogens is 1. The first-order chi connectivity index (χ1) is 5.15. The van der Waals surface area contributed by atoms with Crippen molar-refractivity contribution >= 4 is 17.6 Å². The van der Waals surface area contributed by atoms with Crippen LogP contribution in [-0.2, 0) is 0 Å². The van der Waals surface area contributed by atoms with Crippen LogP contribution in [0.2, 0.25) is 0 Å². The maximum Gasteiger partial charge on any atom is 0.147 e. The van der Waals surface area contributed by atoms with Crippen molar-refractivity contribution in [3.63, 3.8) is 0 Å². The molecule has 0 saturated carbocycles. The fraction of sp³-hybridized carbons (Fsp3) is 0.125. The number of hydrogen-bond donors (Lipinski definition) is 2. The van der Waals surface area contributed by atoms with Crippen molar-refractivity contribution < 1.29 is 0 Å². The predicted molar refractivity (Wildman–Crippen MR) is 47.9 cm³/mol. The SMILES string of the molecule is C=Cc1cc(C)nc(N)c1N. The van der Waals surface area contributed by atoms with Crippen LogP contribution < -0.4 is 11.5 Å². The van der Waals surface area contributed by atoms with E-state index in [9.17, 15) is 0 Å². The smallest absolute Gasteiger partial charge is 0.147 e. The Labute approximate surface area is 65.7 Å². The minimum atomic E-state index is 0.375. The normalized spacial score (nSPS) is 9.55. The van der Waals surface area contributed by atoms with Crippen LogP contribution in [0.15, 0.2) is 12.6 Å². The van der Waals surface area contributed by atoms with E-state index < -0.39 is 0 Å². The van der Waals surface area contributed by atoms with Gasteiger partial charge in [0.2, 0.25) is 0 Å². The van der Waals surface area contributed by atoms with Crippen molar-refractivity contribution in [3.8, 4) is 0 Å². The topological polar surface area (TPSA) is 64.9 Å². The lowest BCUT2D eigenvalue weighted by atomic mass is 10.2. The van der Waals surface area contributed by atoms with E-state index in [1.54, 1.807) is 6.08 Å². The zero-order valence-electron chi connectivity index (χ0n) is 6.46. The Morgan fingerprint density at radius 2 is 2.18 bits per heavy atom. The molecule has 4 N–H and O–H groups in total. The van der Waals surface area contributed by atoms with E-state index in [-0.39, 0.29) is 0 Å². The van der Waals surface area contributed by atoms with Gasteiger partial charge in [0.15, 0.2) is 0 Å². The van der Waals surface area contributed by atoms with Gasteiger partial charge in [-0.2, -0.15) is 0 Å². The second-order valence-electron chi connectivity index (χ2n) is 2.36. The molecule has 0 aliphatic heterocycles. The Hall–Kier alpha value is -1.51. The first kappa shape index (κ1) is 7.60. The van der Waals surface area contributed by atoms with Crippen molar-refractivity contribution in [2.45, 2.75) is 6.92 Å². The molecule has 3 heteroatoms. The molecule has 0 amide bonds. The van der Waals surface area contributed by atoms with Crippen LogP contribution >= 0.6 is 0 Å². The minimum absolute atomic E-state index is 0.375. The molecule has 58 valence electrons. The summed E-state index contributed by atoms with van der Waals surface area (Å²) in [4.78, 5) is 3.99. The minimum Gasteiger partial charge on any atom is -0.395 e. The van der Waals surface area contributed by atoms with Crippen molar-refractivity contribution in [1.82, 2.24) is 4.98 Å². The van der Waals surface area contributed by atoms with E-state index in [1.165, 1.54) is 0 Å². The second kappa shape index (κ2) is 2.62. The lowest BCUT2D eigenvalue weighted by Gasteiger charge is -2.03. The highest BCUT2D eigenvalue weighted by atomic mass is 14.9. The van der Waals surface area contributed by atoms with Gasteiger partial charge in [0.25, 0.3) is 0 Å². The van der Waals surface area contributed by atoms with Gasteiger partial charge < -0.3 is 11.5 Å². The zero-order chi connectivity index (χ0) is 8.43. The van der Waals surface area contributed by atoms with Crippen LogP contribution in [0.5, 0.6) is 0 Å². The second-order valence-corrected chi connectivity index (χ2v) is 2.36. The van der Waals surface area contributed by atoms with E-state index in [4.69, 9.17) is 11.5 Å². The standard InChI is InChI=1S/C8H11N3/c1-3-6-4-5(2)11-8(10)7(6)9/h3-4H,1,9H2,2H3,(H2,10,11). The molecule has 0 aromatic carbocycles. The average Bonchev–Trinajstić information content (AvgIpc) is 1.96. The van der Waals surface area contributed by atoms with Crippen LogP contribution in [0.1, 0.15) is 11.3 Å². The number of pyridine rings is 1. The number of nitrogens with zero attached hydrogens (tertiary/aromatic N) is 1. The number of rotatable bonds is 1. The quantitative estimate of drug-likeness (QED) is 0.630. The number of hydrogen-bond acceptors (Lipinski definition) is 3. The summed E-state index contributed by atoms with van der Waals surface area (Å²) in [5.41, 5.74) is 13.3. The lowest BCUT2D eigenvalue weighted by Crippen LogP contribution is -2.01. The molecule has 0 unspecified atom stereocenters.